The lowest BCUT2D eigenvalue weighted by Crippen LogP contribution is -2.31. The van der Waals surface area contributed by atoms with Gasteiger partial charge in [0.05, 0.1) is 24.9 Å². The molecule has 3 heterocycles. The van der Waals surface area contributed by atoms with E-state index in [9.17, 15) is 0 Å². The Morgan fingerprint density at radius 3 is 2.77 bits per heavy atom. The standard InChI is InChI=1S/C23H30N6O/c1-15-20-17-14-16(30-3)6-7-18(17)28-23(20)29(2)19-8-13-27-22(21(15)19)26-12-5-11-25-10-4-9-24/h6-8,13-14,25H,4-5,9-12,24H2,1-3H3,(H,26,27,28)/p+1. The van der Waals surface area contributed by atoms with Crippen LogP contribution < -0.4 is 25.7 Å². The zero-order chi connectivity index (χ0) is 21.1. The van der Waals surface area contributed by atoms with Gasteiger partial charge < -0.3 is 21.1 Å². The molecular formula is C23H31N6O+. The van der Waals surface area contributed by atoms with E-state index in [1.165, 1.54) is 16.3 Å². The molecule has 0 atom stereocenters. The van der Waals surface area contributed by atoms with Gasteiger partial charge in [-0.1, -0.05) is 0 Å². The number of aryl methyl sites for hydroxylation is 2. The predicted octanol–water partition coefficient (Wildman–Crippen LogP) is 2.75. The maximum Gasteiger partial charge on any atom is 0.288 e. The van der Waals surface area contributed by atoms with Crippen LogP contribution in [0.25, 0.3) is 32.8 Å². The van der Waals surface area contributed by atoms with Crippen molar-refractivity contribution in [3.8, 4) is 5.75 Å². The highest BCUT2D eigenvalue weighted by Gasteiger charge is 2.22. The molecule has 0 aliphatic rings. The Bertz CT molecular complexity index is 1180. The van der Waals surface area contributed by atoms with Crippen LogP contribution in [-0.4, -0.2) is 43.3 Å². The average Bonchev–Trinajstić information content (AvgIpc) is 3.16. The Balaban J connectivity index is 1.72. The number of rotatable bonds is 9. The monoisotopic (exact) mass is 407 g/mol. The van der Waals surface area contributed by atoms with E-state index in [2.05, 4.69) is 57.3 Å². The summed E-state index contributed by atoms with van der Waals surface area (Å²) < 4.78 is 7.68. The van der Waals surface area contributed by atoms with E-state index in [0.717, 1.165) is 72.7 Å². The molecule has 30 heavy (non-hydrogen) atoms. The van der Waals surface area contributed by atoms with Crippen molar-refractivity contribution in [2.24, 2.45) is 12.8 Å². The first kappa shape index (κ1) is 20.4. The maximum absolute atomic E-state index is 5.54. The molecule has 7 nitrogen and oxygen atoms in total. The lowest BCUT2D eigenvalue weighted by molar-refractivity contribution is -0.619. The van der Waals surface area contributed by atoms with Crippen LogP contribution in [0, 0.1) is 6.92 Å². The van der Waals surface area contributed by atoms with Crippen LogP contribution in [0.2, 0.25) is 0 Å². The molecule has 0 fully saturated rings. The third-order valence-electron chi connectivity index (χ3n) is 5.74. The molecule has 0 spiro atoms. The zero-order valence-electron chi connectivity index (χ0n) is 18.0. The second-order valence-electron chi connectivity index (χ2n) is 7.67. The number of fused-ring (bicyclic) bond motifs is 4. The topological polar surface area (TPSA) is 91.9 Å². The first-order valence-electron chi connectivity index (χ1n) is 10.6. The highest BCUT2D eigenvalue weighted by Crippen LogP contribution is 2.34. The van der Waals surface area contributed by atoms with Gasteiger partial charge in [-0.2, -0.15) is 0 Å². The number of benzene rings is 1. The van der Waals surface area contributed by atoms with Crippen molar-refractivity contribution in [1.82, 2.24) is 15.3 Å². The molecule has 0 bridgehead atoms. The summed E-state index contributed by atoms with van der Waals surface area (Å²) in [6.07, 6.45) is 3.92. The Morgan fingerprint density at radius 2 is 1.97 bits per heavy atom. The summed E-state index contributed by atoms with van der Waals surface area (Å²) in [5.41, 5.74) is 10.1. The summed E-state index contributed by atoms with van der Waals surface area (Å²) in [7, 11) is 3.80. The molecule has 1 aromatic carbocycles. The Labute approximate surface area is 176 Å². The number of ether oxygens (including phenoxy) is 1. The molecule has 0 saturated carbocycles. The minimum atomic E-state index is 0.732. The minimum absolute atomic E-state index is 0.732. The summed E-state index contributed by atoms with van der Waals surface area (Å²) in [5, 5.41) is 10.5. The van der Waals surface area contributed by atoms with Crippen LogP contribution in [0.4, 0.5) is 5.82 Å². The molecule has 0 aliphatic heterocycles. The first-order chi connectivity index (χ1) is 14.7. The fraction of sp³-hybridized carbons (Fsp3) is 0.391. The Morgan fingerprint density at radius 1 is 1.13 bits per heavy atom. The zero-order valence-corrected chi connectivity index (χ0v) is 18.0. The van der Waals surface area contributed by atoms with Gasteiger partial charge in [0.1, 0.15) is 22.6 Å². The van der Waals surface area contributed by atoms with E-state index in [1.54, 1.807) is 7.11 Å². The summed E-state index contributed by atoms with van der Waals surface area (Å²) in [6, 6.07) is 8.24. The highest BCUT2D eigenvalue weighted by molar-refractivity contribution is 6.12. The molecule has 7 heteroatoms. The van der Waals surface area contributed by atoms with Gasteiger partial charge in [0.2, 0.25) is 0 Å². The fourth-order valence-electron chi connectivity index (χ4n) is 4.17. The number of pyridine rings is 2. The number of hydrogen-bond acceptors (Lipinski definition) is 5. The van der Waals surface area contributed by atoms with Crippen LogP contribution in [-0.2, 0) is 7.05 Å². The summed E-state index contributed by atoms with van der Waals surface area (Å²) in [4.78, 5) is 8.24. The normalized spacial score (nSPS) is 11.6. The van der Waals surface area contributed by atoms with Crippen molar-refractivity contribution in [3.05, 3.63) is 36.0 Å². The number of aromatic nitrogens is 3. The van der Waals surface area contributed by atoms with Gasteiger partial charge in [-0.15, -0.1) is 0 Å². The van der Waals surface area contributed by atoms with E-state index in [-0.39, 0.29) is 0 Å². The van der Waals surface area contributed by atoms with Crippen molar-refractivity contribution in [1.29, 1.82) is 0 Å². The third kappa shape index (κ3) is 3.66. The summed E-state index contributed by atoms with van der Waals surface area (Å²) in [5.74, 6) is 1.79. The lowest BCUT2D eigenvalue weighted by atomic mass is 10.0. The number of aromatic amines is 1. The number of methoxy groups -OCH3 is 1. The largest absolute Gasteiger partial charge is 0.497 e. The molecule has 4 rings (SSSR count). The van der Waals surface area contributed by atoms with Gasteiger partial charge in [-0.25, -0.2) is 14.5 Å². The average molecular weight is 408 g/mol. The van der Waals surface area contributed by atoms with Crippen LogP contribution in [0.1, 0.15) is 18.4 Å². The lowest BCUT2D eigenvalue weighted by Gasteiger charge is -2.12. The number of anilines is 1. The van der Waals surface area contributed by atoms with Crippen LogP contribution in [0.5, 0.6) is 5.75 Å². The highest BCUT2D eigenvalue weighted by atomic mass is 16.5. The molecule has 158 valence electrons. The molecular weight excluding hydrogens is 376 g/mol. The van der Waals surface area contributed by atoms with Gasteiger partial charge in [0, 0.05) is 24.2 Å². The Kier molecular flexibility index (Phi) is 6.01. The van der Waals surface area contributed by atoms with Crippen molar-refractivity contribution < 1.29 is 9.30 Å². The van der Waals surface area contributed by atoms with Crippen molar-refractivity contribution in [2.75, 3.05) is 38.6 Å². The molecule has 0 radical (unpaired) electrons. The third-order valence-corrected chi connectivity index (χ3v) is 5.74. The smallest absolute Gasteiger partial charge is 0.288 e. The molecule has 5 N–H and O–H groups in total. The second kappa shape index (κ2) is 8.85. The molecule has 0 aliphatic carbocycles. The van der Waals surface area contributed by atoms with Gasteiger partial charge in [0.15, 0.2) is 0 Å². The van der Waals surface area contributed by atoms with Crippen molar-refractivity contribution >= 4 is 38.7 Å². The SMILES string of the molecule is COc1ccc2[nH]c3c(c(C)c4c(NCCCNCCCN)nccc4[n+]3C)c2c1. The molecule has 0 saturated heterocycles. The molecule has 0 unspecified atom stereocenters. The quantitative estimate of drug-likeness (QED) is 0.253. The molecule has 0 amide bonds. The number of H-pyrrole nitrogens is 1. The predicted molar refractivity (Wildman–Crippen MR) is 123 cm³/mol. The fourth-order valence-corrected chi connectivity index (χ4v) is 4.17. The number of nitrogens with one attached hydrogen (secondary N) is 3. The number of nitrogens with two attached hydrogens (primary N) is 1. The molecule has 4 aromatic rings. The van der Waals surface area contributed by atoms with E-state index in [1.807, 2.05) is 12.3 Å². The maximum atomic E-state index is 5.54. The minimum Gasteiger partial charge on any atom is -0.497 e. The van der Waals surface area contributed by atoms with E-state index < -0.39 is 0 Å². The van der Waals surface area contributed by atoms with Crippen molar-refractivity contribution in [2.45, 2.75) is 19.8 Å². The molecule has 3 aromatic heterocycles. The van der Waals surface area contributed by atoms with E-state index in [0.29, 0.717) is 0 Å². The van der Waals surface area contributed by atoms with Gasteiger partial charge >= 0.3 is 0 Å². The van der Waals surface area contributed by atoms with E-state index >= 15 is 0 Å². The summed E-state index contributed by atoms with van der Waals surface area (Å²) >= 11 is 0. The van der Waals surface area contributed by atoms with Gasteiger partial charge in [-0.3, -0.25) is 0 Å². The number of hydrogen-bond donors (Lipinski definition) is 4. The van der Waals surface area contributed by atoms with Gasteiger partial charge in [0.25, 0.3) is 5.65 Å². The first-order valence-corrected chi connectivity index (χ1v) is 10.6. The Hall–Kier alpha value is -2.90. The van der Waals surface area contributed by atoms with Crippen LogP contribution in [0.3, 0.4) is 0 Å². The summed E-state index contributed by atoms with van der Waals surface area (Å²) in [6.45, 7) is 5.72. The van der Waals surface area contributed by atoms with Gasteiger partial charge in [-0.05, 0) is 63.2 Å². The van der Waals surface area contributed by atoms with Crippen LogP contribution >= 0.6 is 0 Å². The van der Waals surface area contributed by atoms with Crippen LogP contribution in [0.15, 0.2) is 30.5 Å². The second-order valence-corrected chi connectivity index (χ2v) is 7.67. The van der Waals surface area contributed by atoms with Crippen molar-refractivity contribution in [3.63, 3.8) is 0 Å². The number of nitrogens with zero attached hydrogens (tertiary/aromatic N) is 2. The van der Waals surface area contributed by atoms with E-state index in [4.69, 9.17) is 10.5 Å².